The molecule has 0 saturated carbocycles. The van der Waals surface area contributed by atoms with Gasteiger partial charge in [0, 0.05) is 12.6 Å². The summed E-state index contributed by atoms with van der Waals surface area (Å²) in [5.41, 5.74) is 5.71. The molecule has 0 unspecified atom stereocenters. The molecule has 0 spiro atoms. The van der Waals surface area contributed by atoms with Crippen molar-refractivity contribution < 1.29 is 4.79 Å². The van der Waals surface area contributed by atoms with Crippen LogP contribution in [0.25, 0.3) is 0 Å². The number of carbonyl (C=O) groups excluding carboxylic acids is 1. The van der Waals surface area contributed by atoms with E-state index in [1.54, 1.807) is 4.90 Å². The van der Waals surface area contributed by atoms with Gasteiger partial charge in [0.05, 0.1) is 6.04 Å². The average Bonchev–Trinajstić information content (AvgIpc) is 2.14. The van der Waals surface area contributed by atoms with Gasteiger partial charge >= 0.3 is 0 Å². The molecule has 84 valence electrons. The Morgan fingerprint density at radius 3 is 2.14 bits per heavy atom. The normalized spacial score (nSPS) is 14.3. The molecular formula is C11H24N2O. The topological polar surface area (TPSA) is 46.3 Å². The van der Waals surface area contributed by atoms with E-state index >= 15 is 0 Å². The number of hydrogen-bond acceptors (Lipinski definition) is 2. The van der Waals surface area contributed by atoms with E-state index in [1.165, 1.54) is 0 Å². The molecule has 14 heavy (non-hydrogen) atoms. The third-order valence-corrected chi connectivity index (χ3v) is 3.11. The summed E-state index contributed by atoms with van der Waals surface area (Å²) in [5.74, 6) is 0.226. The first-order chi connectivity index (χ1) is 6.24. The lowest BCUT2D eigenvalue weighted by Crippen LogP contribution is -2.52. The van der Waals surface area contributed by atoms with E-state index in [9.17, 15) is 4.79 Å². The third kappa shape index (κ3) is 2.98. The zero-order valence-corrected chi connectivity index (χ0v) is 10.3. The molecular weight excluding hydrogens is 176 g/mol. The van der Waals surface area contributed by atoms with Gasteiger partial charge in [-0.05, 0) is 26.2 Å². The van der Waals surface area contributed by atoms with Crippen molar-refractivity contribution in [1.29, 1.82) is 0 Å². The molecule has 0 heterocycles. The molecule has 1 atom stereocenters. The number of likely N-dealkylation sites (N-methyl/N-ethyl adjacent to an activating group) is 1. The highest BCUT2D eigenvalue weighted by Gasteiger charge is 2.30. The van der Waals surface area contributed by atoms with Crippen LogP contribution in [0.15, 0.2) is 0 Å². The van der Waals surface area contributed by atoms with Gasteiger partial charge in [-0.15, -0.1) is 0 Å². The van der Waals surface area contributed by atoms with E-state index in [4.69, 9.17) is 5.73 Å². The summed E-state index contributed by atoms with van der Waals surface area (Å²) in [5, 5.41) is 0. The fourth-order valence-corrected chi connectivity index (χ4v) is 1.04. The molecule has 0 aliphatic carbocycles. The first kappa shape index (κ1) is 13.4. The first-order valence-electron chi connectivity index (χ1n) is 5.27. The molecule has 0 bridgehead atoms. The molecule has 0 aliphatic heterocycles. The van der Waals surface area contributed by atoms with E-state index in [-0.39, 0.29) is 23.4 Å². The number of hydrogen-bond donors (Lipinski definition) is 1. The van der Waals surface area contributed by atoms with Gasteiger partial charge in [0.25, 0.3) is 0 Å². The monoisotopic (exact) mass is 200 g/mol. The van der Waals surface area contributed by atoms with E-state index in [0.717, 1.165) is 6.42 Å². The number of rotatable bonds is 4. The lowest BCUT2D eigenvalue weighted by molar-refractivity contribution is -0.137. The van der Waals surface area contributed by atoms with E-state index in [0.29, 0.717) is 0 Å². The van der Waals surface area contributed by atoms with Crippen LogP contribution in [-0.4, -0.2) is 29.4 Å². The fourth-order valence-electron chi connectivity index (χ4n) is 1.04. The minimum Gasteiger partial charge on any atom is -0.339 e. The maximum absolute atomic E-state index is 11.9. The molecule has 1 amide bonds. The highest BCUT2D eigenvalue weighted by Crippen LogP contribution is 2.18. The Morgan fingerprint density at radius 2 is 1.86 bits per heavy atom. The Hall–Kier alpha value is -0.570. The predicted molar refractivity (Wildman–Crippen MR) is 60.0 cm³/mol. The van der Waals surface area contributed by atoms with Crippen LogP contribution < -0.4 is 5.73 Å². The van der Waals surface area contributed by atoms with Crippen molar-refractivity contribution >= 4 is 5.91 Å². The summed E-state index contributed by atoms with van der Waals surface area (Å²) in [4.78, 5) is 13.7. The second kappa shape index (κ2) is 4.78. The summed E-state index contributed by atoms with van der Waals surface area (Å²) < 4.78 is 0. The number of carbonyl (C=O) groups is 1. The van der Waals surface area contributed by atoms with Gasteiger partial charge in [0.2, 0.25) is 5.91 Å². The summed E-state index contributed by atoms with van der Waals surface area (Å²) in [6.07, 6.45) is 0.931. The minimum absolute atomic E-state index is 0.0341. The molecule has 2 N–H and O–H groups in total. The lowest BCUT2D eigenvalue weighted by atomic mass is 9.96. The second-order valence-electron chi connectivity index (χ2n) is 4.83. The van der Waals surface area contributed by atoms with Gasteiger partial charge in [0.1, 0.15) is 0 Å². The van der Waals surface area contributed by atoms with Gasteiger partial charge in [-0.2, -0.15) is 0 Å². The van der Waals surface area contributed by atoms with Crippen LogP contribution in [0.3, 0.4) is 0 Å². The van der Waals surface area contributed by atoms with E-state index < -0.39 is 0 Å². The Labute approximate surface area is 87.6 Å². The van der Waals surface area contributed by atoms with Crippen molar-refractivity contribution in [2.45, 2.75) is 52.6 Å². The van der Waals surface area contributed by atoms with E-state index in [1.807, 2.05) is 20.9 Å². The fraction of sp³-hybridized carbons (Fsp3) is 0.909. The Balaban J connectivity index is 4.55. The zero-order chi connectivity index (χ0) is 11.5. The van der Waals surface area contributed by atoms with Crippen LogP contribution >= 0.6 is 0 Å². The van der Waals surface area contributed by atoms with Crippen molar-refractivity contribution in [3.8, 4) is 0 Å². The quantitative estimate of drug-likeness (QED) is 0.749. The van der Waals surface area contributed by atoms with Gasteiger partial charge in [-0.3, -0.25) is 4.79 Å². The highest BCUT2D eigenvalue weighted by molar-refractivity contribution is 5.82. The molecule has 0 aliphatic rings. The smallest absolute Gasteiger partial charge is 0.239 e. The van der Waals surface area contributed by atoms with Crippen molar-refractivity contribution in [3.63, 3.8) is 0 Å². The second-order valence-corrected chi connectivity index (χ2v) is 4.83. The van der Waals surface area contributed by atoms with Crippen LogP contribution in [0.1, 0.15) is 41.0 Å². The summed E-state index contributed by atoms with van der Waals surface area (Å²) in [6, 6.07) is -0.383. The summed E-state index contributed by atoms with van der Waals surface area (Å²) in [6.45, 7) is 10.1. The SMILES string of the molecule is CCC(C)(C)N(C)C(=O)[C@@H](N)C(C)C. The van der Waals surface area contributed by atoms with Crippen molar-refractivity contribution in [3.05, 3.63) is 0 Å². The third-order valence-electron chi connectivity index (χ3n) is 3.11. The van der Waals surface area contributed by atoms with Crippen molar-refractivity contribution in [2.24, 2.45) is 11.7 Å². The largest absolute Gasteiger partial charge is 0.339 e. The molecule has 0 radical (unpaired) electrons. The van der Waals surface area contributed by atoms with E-state index in [2.05, 4.69) is 20.8 Å². The van der Waals surface area contributed by atoms with Gasteiger partial charge in [0.15, 0.2) is 0 Å². The van der Waals surface area contributed by atoms with Gasteiger partial charge < -0.3 is 10.6 Å². The first-order valence-corrected chi connectivity index (χ1v) is 5.27. The molecule has 0 rings (SSSR count). The minimum atomic E-state index is -0.383. The maximum atomic E-state index is 11.9. The Kier molecular flexibility index (Phi) is 4.59. The van der Waals surface area contributed by atoms with Crippen molar-refractivity contribution in [1.82, 2.24) is 4.90 Å². The Bertz CT molecular complexity index is 199. The molecule has 0 aromatic rings. The predicted octanol–water partition coefficient (Wildman–Crippen LogP) is 1.62. The molecule has 0 fully saturated rings. The van der Waals surface area contributed by atoms with Crippen LogP contribution in [-0.2, 0) is 4.79 Å². The highest BCUT2D eigenvalue weighted by atomic mass is 16.2. The average molecular weight is 200 g/mol. The Morgan fingerprint density at radius 1 is 1.43 bits per heavy atom. The number of nitrogens with zero attached hydrogens (tertiary/aromatic N) is 1. The van der Waals surface area contributed by atoms with Crippen LogP contribution in [0, 0.1) is 5.92 Å². The lowest BCUT2D eigenvalue weighted by Gasteiger charge is -2.37. The summed E-state index contributed by atoms with van der Waals surface area (Å²) in [7, 11) is 1.83. The molecule has 3 heteroatoms. The van der Waals surface area contributed by atoms with Gasteiger partial charge in [-0.25, -0.2) is 0 Å². The van der Waals surface area contributed by atoms with Gasteiger partial charge in [-0.1, -0.05) is 20.8 Å². The maximum Gasteiger partial charge on any atom is 0.239 e. The molecule has 0 aromatic carbocycles. The summed E-state index contributed by atoms with van der Waals surface area (Å²) >= 11 is 0. The zero-order valence-electron chi connectivity index (χ0n) is 10.3. The molecule has 0 aromatic heterocycles. The number of amides is 1. The van der Waals surface area contributed by atoms with Crippen molar-refractivity contribution in [2.75, 3.05) is 7.05 Å². The van der Waals surface area contributed by atoms with Crippen LogP contribution in [0.4, 0.5) is 0 Å². The number of nitrogens with two attached hydrogens (primary N) is 1. The van der Waals surface area contributed by atoms with Crippen LogP contribution in [0.5, 0.6) is 0 Å². The van der Waals surface area contributed by atoms with Crippen LogP contribution in [0.2, 0.25) is 0 Å². The standard InChI is InChI=1S/C11H24N2O/c1-7-11(4,5)13(6)10(14)9(12)8(2)3/h8-9H,7,12H2,1-6H3/t9-/m0/s1. The molecule has 3 nitrogen and oxygen atoms in total. The molecule has 0 saturated heterocycles.